The Morgan fingerprint density at radius 1 is 1.10 bits per heavy atom. The van der Waals surface area contributed by atoms with Gasteiger partial charge in [-0.1, -0.05) is 12.0 Å². The van der Waals surface area contributed by atoms with Gasteiger partial charge in [0, 0.05) is 23.2 Å². The molecular formula is C27H32F3N5O3S. The number of alkyl halides is 3. The number of nitrogens with zero attached hydrogens (tertiary/aromatic N) is 2. The molecule has 0 saturated carbocycles. The van der Waals surface area contributed by atoms with E-state index >= 15 is 0 Å². The van der Waals surface area contributed by atoms with E-state index in [1.807, 2.05) is 6.07 Å². The molecule has 0 aliphatic carbocycles. The van der Waals surface area contributed by atoms with Crippen molar-refractivity contribution < 1.29 is 26.3 Å². The summed E-state index contributed by atoms with van der Waals surface area (Å²) in [6.45, 7) is 0.917. The molecule has 0 amide bonds. The second kappa shape index (κ2) is 11.7. The number of likely N-dealkylation sites (tertiary alicyclic amines) is 1. The number of hydrogen-bond acceptors (Lipinski definition) is 6. The fraction of sp³-hybridized carbons (Fsp3) is 0.407. The van der Waals surface area contributed by atoms with Gasteiger partial charge in [-0.15, -0.1) is 0 Å². The Kier molecular flexibility index (Phi) is 8.51. The van der Waals surface area contributed by atoms with Crippen molar-refractivity contribution in [3.8, 4) is 17.6 Å². The Morgan fingerprint density at radius 3 is 2.51 bits per heavy atom. The molecule has 8 nitrogen and oxygen atoms in total. The van der Waals surface area contributed by atoms with Crippen LogP contribution >= 0.6 is 0 Å². The molecule has 1 fully saturated rings. The van der Waals surface area contributed by atoms with Crippen LogP contribution in [0.1, 0.15) is 18.5 Å². The molecule has 3 N–H and O–H groups in total. The highest BCUT2D eigenvalue weighted by Gasteiger charge is 2.30. The summed E-state index contributed by atoms with van der Waals surface area (Å²) in [4.78, 5) is 2.26. The van der Waals surface area contributed by atoms with Gasteiger partial charge < -0.3 is 24.8 Å². The van der Waals surface area contributed by atoms with Crippen LogP contribution in [-0.4, -0.2) is 70.2 Å². The van der Waals surface area contributed by atoms with Crippen LogP contribution in [-0.2, 0) is 16.6 Å². The number of hydrogen-bond donors (Lipinski definition) is 3. The average Bonchev–Trinajstić information content (AvgIpc) is 3.19. The average molecular weight is 564 g/mol. The summed E-state index contributed by atoms with van der Waals surface area (Å²) >= 11 is 0. The van der Waals surface area contributed by atoms with E-state index in [2.05, 4.69) is 39.1 Å². The van der Waals surface area contributed by atoms with Crippen molar-refractivity contribution >= 4 is 38.0 Å². The summed E-state index contributed by atoms with van der Waals surface area (Å²) in [7, 11) is 0.0804. The van der Waals surface area contributed by atoms with Crippen molar-refractivity contribution in [3.63, 3.8) is 0 Å². The molecule has 0 unspecified atom stereocenters. The minimum atomic E-state index is -4.41. The Balaban J connectivity index is 1.56. The van der Waals surface area contributed by atoms with Crippen molar-refractivity contribution in [3.05, 3.63) is 48.2 Å². The predicted octanol–water partition coefficient (Wildman–Crippen LogP) is 4.55. The zero-order valence-corrected chi connectivity index (χ0v) is 22.8. The first-order valence-corrected chi connectivity index (χ1v) is 14.3. The number of piperidine rings is 1. The zero-order chi connectivity index (χ0) is 28.2. The van der Waals surface area contributed by atoms with E-state index in [1.54, 1.807) is 30.3 Å². The van der Waals surface area contributed by atoms with E-state index < -0.39 is 22.7 Å². The zero-order valence-electron chi connectivity index (χ0n) is 22.0. The molecule has 0 radical (unpaired) electrons. The van der Waals surface area contributed by atoms with Gasteiger partial charge in [-0.2, -0.15) is 13.2 Å². The standard InChI is InChI=1S/C27H32F3N5O3S/c1-34-14-11-19(12-15-34)32-23-7-4-8-25-22(23)17-21(35(25)18-27(28,29)30)6-5-13-31-24-10-9-20(16-26(24)38-2)33-39(3,36)37/h4,7-10,16-17,19,31-33H,11-15,18H2,1-3H3. The Bertz CT molecular complexity index is 1480. The van der Waals surface area contributed by atoms with Gasteiger partial charge in [-0.3, -0.25) is 4.72 Å². The fourth-order valence-electron chi connectivity index (χ4n) is 4.63. The first-order valence-electron chi connectivity index (χ1n) is 12.4. The summed E-state index contributed by atoms with van der Waals surface area (Å²) in [5.74, 6) is 6.19. The number of anilines is 3. The maximum atomic E-state index is 13.5. The van der Waals surface area contributed by atoms with Gasteiger partial charge in [0.05, 0.1) is 42.5 Å². The highest BCUT2D eigenvalue weighted by Crippen LogP contribution is 2.31. The van der Waals surface area contributed by atoms with Gasteiger partial charge in [-0.05, 0) is 69.2 Å². The molecule has 4 rings (SSSR count). The molecule has 39 heavy (non-hydrogen) atoms. The molecule has 1 aromatic heterocycles. The number of methoxy groups -OCH3 is 1. The highest BCUT2D eigenvalue weighted by atomic mass is 32.2. The lowest BCUT2D eigenvalue weighted by molar-refractivity contribution is -0.140. The summed E-state index contributed by atoms with van der Waals surface area (Å²) in [6, 6.07) is 12.0. The number of halogens is 3. The Labute approximate surface area is 226 Å². The summed E-state index contributed by atoms with van der Waals surface area (Å²) in [5.41, 5.74) is 2.44. The van der Waals surface area contributed by atoms with Crippen LogP contribution < -0.4 is 20.1 Å². The second-order valence-corrected chi connectivity index (χ2v) is 11.4. The van der Waals surface area contributed by atoms with Gasteiger partial charge in [0.1, 0.15) is 12.3 Å². The number of aromatic nitrogens is 1. The van der Waals surface area contributed by atoms with Gasteiger partial charge in [0.25, 0.3) is 0 Å². The molecule has 3 aromatic rings. The fourth-order valence-corrected chi connectivity index (χ4v) is 5.18. The maximum absolute atomic E-state index is 13.5. The summed E-state index contributed by atoms with van der Waals surface area (Å²) < 4.78 is 72.4. The molecule has 2 aromatic carbocycles. The van der Waals surface area contributed by atoms with Gasteiger partial charge in [-0.25, -0.2) is 8.42 Å². The van der Waals surface area contributed by atoms with Crippen LogP contribution in [0.4, 0.5) is 30.2 Å². The van der Waals surface area contributed by atoms with Crippen LogP contribution in [0.2, 0.25) is 0 Å². The quantitative estimate of drug-likeness (QED) is 0.349. The van der Waals surface area contributed by atoms with Gasteiger partial charge in [0.2, 0.25) is 10.0 Å². The number of rotatable bonds is 8. The molecule has 1 aliphatic heterocycles. The number of ether oxygens (including phenoxy) is 1. The minimum Gasteiger partial charge on any atom is -0.495 e. The van der Waals surface area contributed by atoms with E-state index in [1.165, 1.54) is 17.7 Å². The van der Waals surface area contributed by atoms with Crippen LogP contribution in [0.15, 0.2) is 42.5 Å². The van der Waals surface area contributed by atoms with E-state index in [0.717, 1.165) is 37.9 Å². The minimum absolute atomic E-state index is 0.128. The molecule has 210 valence electrons. The monoisotopic (exact) mass is 563 g/mol. The lowest BCUT2D eigenvalue weighted by atomic mass is 10.0. The predicted molar refractivity (Wildman–Crippen MR) is 149 cm³/mol. The normalized spacial score (nSPS) is 15.0. The van der Waals surface area contributed by atoms with E-state index in [-0.39, 0.29) is 18.3 Å². The molecule has 12 heteroatoms. The summed E-state index contributed by atoms with van der Waals surface area (Å²) in [5, 5.41) is 7.30. The molecule has 1 saturated heterocycles. The van der Waals surface area contributed by atoms with Crippen LogP contribution in [0.3, 0.4) is 0 Å². The van der Waals surface area contributed by atoms with Crippen molar-refractivity contribution in [1.82, 2.24) is 9.47 Å². The first kappa shape index (κ1) is 28.4. The number of benzene rings is 2. The van der Waals surface area contributed by atoms with Crippen LogP contribution in [0.5, 0.6) is 5.75 Å². The molecule has 0 spiro atoms. The third-order valence-electron chi connectivity index (χ3n) is 6.45. The highest BCUT2D eigenvalue weighted by molar-refractivity contribution is 7.92. The first-order chi connectivity index (χ1) is 18.4. The molecule has 0 bridgehead atoms. The SMILES string of the molecule is COc1cc(NS(C)(=O)=O)ccc1NCC#Cc1cc2c(NC3CCN(C)CC3)cccc2n1CC(F)(F)F. The van der Waals surface area contributed by atoms with E-state index in [9.17, 15) is 21.6 Å². The lowest BCUT2D eigenvalue weighted by Crippen LogP contribution is -2.36. The van der Waals surface area contributed by atoms with E-state index in [0.29, 0.717) is 28.0 Å². The van der Waals surface area contributed by atoms with Crippen LogP contribution in [0.25, 0.3) is 10.9 Å². The Morgan fingerprint density at radius 2 is 1.85 bits per heavy atom. The van der Waals surface area contributed by atoms with E-state index in [4.69, 9.17) is 4.74 Å². The molecule has 1 aliphatic rings. The third-order valence-corrected chi connectivity index (χ3v) is 7.06. The summed E-state index contributed by atoms with van der Waals surface area (Å²) in [6.07, 6.45) is -1.44. The number of fused-ring (bicyclic) bond motifs is 1. The Hall–Kier alpha value is -3.56. The molecule has 0 atom stereocenters. The lowest BCUT2D eigenvalue weighted by Gasteiger charge is -2.30. The maximum Gasteiger partial charge on any atom is 0.406 e. The number of sulfonamides is 1. The molecule has 2 heterocycles. The van der Waals surface area contributed by atoms with Gasteiger partial charge >= 0.3 is 6.18 Å². The van der Waals surface area contributed by atoms with Crippen molar-refractivity contribution in [2.24, 2.45) is 0 Å². The topological polar surface area (TPSA) is 87.6 Å². The van der Waals surface area contributed by atoms with Crippen molar-refractivity contribution in [2.75, 3.05) is 55.4 Å². The molecular weight excluding hydrogens is 531 g/mol. The smallest absolute Gasteiger partial charge is 0.406 e. The van der Waals surface area contributed by atoms with Gasteiger partial charge in [0.15, 0.2) is 0 Å². The third kappa shape index (κ3) is 7.74. The van der Waals surface area contributed by atoms with Crippen molar-refractivity contribution in [2.45, 2.75) is 31.6 Å². The van der Waals surface area contributed by atoms with Crippen molar-refractivity contribution in [1.29, 1.82) is 0 Å². The second-order valence-electron chi connectivity index (χ2n) is 9.64. The largest absolute Gasteiger partial charge is 0.495 e. The number of nitrogens with one attached hydrogen (secondary N) is 3. The van der Waals surface area contributed by atoms with Crippen LogP contribution in [0, 0.1) is 11.8 Å².